The minimum absolute atomic E-state index is 0.126. The molecule has 1 aromatic carbocycles. The fraction of sp³-hybridized carbons (Fsp3) is 0.524. The summed E-state index contributed by atoms with van der Waals surface area (Å²) in [5.41, 5.74) is 3.15. The van der Waals surface area contributed by atoms with Crippen molar-refractivity contribution in [3.63, 3.8) is 0 Å². The molecule has 5 rings (SSSR count). The molecule has 26 heavy (non-hydrogen) atoms. The lowest BCUT2D eigenvalue weighted by Crippen LogP contribution is -2.62. The van der Waals surface area contributed by atoms with Crippen molar-refractivity contribution in [2.45, 2.75) is 44.1 Å². The summed E-state index contributed by atoms with van der Waals surface area (Å²) in [6.07, 6.45) is 3.27. The number of para-hydroxylation sites is 1. The highest BCUT2D eigenvalue weighted by Crippen LogP contribution is 2.64. The third-order valence-electron chi connectivity index (χ3n) is 7.26. The van der Waals surface area contributed by atoms with Crippen molar-refractivity contribution in [2.75, 3.05) is 25.5 Å². The number of piperidine rings is 1. The molecular weight excluding hydrogens is 328 g/mol. The van der Waals surface area contributed by atoms with Gasteiger partial charge in [-0.15, -0.1) is 0 Å². The van der Waals surface area contributed by atoms with E-state index < -0.39 is 5.41 Å². The zero-order valence-electron chi connectivity index (χ0n) is 15.3. The Morgan fingerprint density at radius 2 is 2.04 bits per heavy atom. The molecule has 1 aliphatic carbocycles. The van der Waals surface area contributed by atoms with Crippen LogP contribution in [0.3, 0.4) is 0 Å². The normalized spacial score (nSPS) is 34.6. The van der Waals surface area contributed by atoms with E-state index in [0.717, 1.165) is 43.7 Å². The molecular formula is C21H24N2O3. The molecule has 0 amide bonds. The van der Waals surface area contributed by atoms with Crippen molar-refractivity contribution < 1.29 is 14.3 Å². The van der Waals surface area contributed by atoms with Crippen molar-refractivity contribution in [3.05, 3.63) is 41.1 Å². The highest BCUT2D eigenvalue weighted by molar-refractivity contribution is 5.96. The molecule has 0 saturated carbocycles. The van der Waals surface area contributed by atoms with Crippen molar-refractivity contribution >= 4 is 17.4 Å². The summed E-state index contributed by atoms with van der Waals surface area (Å²) in [5, 5.41) is 3.55. The molecule has 4 aliphatic rings. The topological polar surface area (TPSA) is 58.6 Å². The van der Waals surface area contributed by atoms with E-state index in [1.54, 1.807) is 6.92 Å². The van der Waals surface area contributed by atoms with Crippen LogP contribution in [-0.2, 0) is 19.7 Å². The molecule has 136 valence electrons. The quantitative estimate of drug-likeness (QED) is 0.829. The van der Waals surface area contributed by atoms with Crippen LogP contribution in [0.2, 0.25) is 0 Å². The number of ketones is 1. The summed E-state index contributed by atoms with van der Waals surface area (Å²) in [6.45, 7) is 3.71. The molecule has 0 bridgehead atoms. The number of benzene rings is 1. The lowest BCUT2D eigenvalue weighted by atomic mass is 9.53. The van der Waals surface area contributed by atoms with Gasteiger partial charge in [-0.25, -0.2) is 4.79 Å². The Bertz CT molecular complexity index is 861. The van der Waals surface area contributed by atoms with Gasteiger partial charge in [0.25, 0.3) is 0 Å². The van der Waals surface area contributed by atoms with E-state index >= 15 is 0 Å². The summed E-state index contributed by atoms with van der Waals surface area (Å²) in [4.78, 5) is 28.2. The number of fused-ring (bicyclic) bond motifs is 1. The Morgan fingerprint density at radius 1 is 1.23 bits per heavy atom. The number of nitrogens with one attached hydrogen (secondary N) is 1. The first-order valence-electron chi connectivity index (χ1n) is 9.48. The largest absolute Gasteiger partial charge is 0.466 e. The minimum Gasteiger partial charge on any atom is -0.466 e. The monoisotopic (exact) mass is 352 g/mol. The van der Waals surface area contributed by atoms with Crippen LogP contribution in [-0.4, -0.2) is 42.9 Å². The molecule has 1 spiro atoms. The molecule has 2 fully saturated rings. The van der Waals surface area contributed by atoms with E-state index in [4.69, 9.17) is 4.74 Å². The number of ether oxygens (including phenoxy) is 1. The van der Waals surface area contributed by atoms with Crippen LogP contribution in [0.25, 0.3) is 0 Å². The third kappa shape index (κ3) is 1.70. The molecule has 5 nitrogen and oxygen atoms in total. The number of rotatable bonds is 2. The van der Waals surface area contributed by atoms with Crippen LogP contribution in [0.1, 0.15) is 38.2 Å². The third-order valence-corrected chi connectivity index (χ3v) is 7.26. The Morgan fingerprint density at radius 3 is 2.81 bits per heavy atom. The van der Waals surface area contributed by atoms with E-state index in [9.17, 15) is 9.59 Å². The fourth-order valence-electron chi connectivity index (χ4n) is 6.32. The number of carbonyl (C=O) groups is 2. The van der Waals surface area contributed by atoms with Gasteiger partial charge in [-0.3, -0.25) is 9.69 Å². The first-order chi connectivity index (χ1) is 12.5. The van der Waals surface area contributed by atoms with Crippen LogP contribution in [0.5, 0.6) is 0 Å². The van der Waals surface area contributed by atoms with Crippen molar-refractivity contribution in [2.24, 2.45) is 5.41 Å². The maximum absolute atomic E-state index is 13.0. The van der Waals surface area contributed by atoms with Crippen LogP contribution in [0, 0.1) is 5.41 Å². The number of carbonyl (C=O) groups excluding carboxylic acids is 2. The molecule has 0 radical (unpaired) electrons. The molecule has 1 unspecified atom stereocenters. The number of hydrogen-bond donors (Lipinski definition) is 1. The molecule has 1 N–H and O–H groups in total. The summed E-state index contributed by atoms with van der Waals surface area (Å²) in [7, 11) is 1.43. The van der Waals surface area contributed by atoms with Crippen molar-refractivity contribution in [3.8, 4) is 0 Å². The molecule has 3 aliphatic heterocycles. The molecule has 3 heterocycles. The van der Waals surface area contributed by atoms with Crippen LogP contribution >= 0.6 is 0 Å². The highest BCUT2D eigenvalue weighted by atomic mass is 16.5. The van der Waals surface area contributed by atoms with Crippen molar-refractivity contribution in [1.82, 2.24) is 4.90 Å². The number of anilines is 1. The van der Waals surface area contributed by atoms with Gasteiger partial charge in [0.15, 0.2) is 0 Å². The highest BCUT2D eigenvalue weighted by Gasteiger charge is 2.68. The average Bonchev–Trinajstić information content (AvgIpc) is 3.21. The van der Waals surface area contributed by atoms with Crippen LogP contribution < -0.4 is 5.32 Å². The second-order valence-corrected chi connectivity index (χ2v) is 8.17. The van der Waals surface area contributed by atoms with E-state index in [1.807, 2.05) is 6.07 Å². The van der Waals surface area contributed by atoms with Crippen molar-refractivity contribution in [1.29, 1.82) is 0 Å². The lowest BCUT2D eigenvalue weighted by molar-refractivity contribution is -0.140. The van der Waals surface area contributed by atoms with Gasteiger partial charge in [0.2, 0.25) is 0 Å². The number of nitrogens with zero attached hydrogens (tertiary/aromatic N) is 1. The van der Waals surface area contributed by atoms with E-state index in [-0.39, 0.29) is 23.2 Å². The van der Waals surface area contributed by atoms with Gasteiger partial charge < -0.3 is 10.1 Å². The Labute approximate surface area is 153 Å². The second kappa shape index (κ2) is 5.19. The summed E-state index contributed by atoms with van der Waals surface area (Å²) in [5.74, 6) is -0.0962. The second-order valence-electron chi connectivity index (χ2n) is 8.17. The van der Waals surface area contributed by atoms with Gasteiger partial charge in [-0.05, 0) is 57.3 Å². The van der Waals surface area contributed by atoms with Gasteiger partial charge in [-0.1, -0.05) is 18.2 Å². The number of esters is 1. The number of hydrogen-bond acceptors (Lipinski definition) is 5. The summed E-state index contributed by atoms with van der Waals surface area (Å²) >= 11 is 0. The Hall–Kier alpha value is -2.14. The Kier molecular flexibility index (Phi) is 3.21. The fourth-order valence-corrected chi connectivity index (χ4v) is 6.32. The smallest absolute Gasteiger partial charge is 0.335 e. The van der Waals surface area contributed by atoms with Gasteiger partial charge in [0, 0.05) is 22.8 Å². The van der Waals surface area contributed by atoms with Crippen LogP contribution in [0.15, 0.2) is 35.5 Å². The molecule has 2 saturated heterocycles. The van der Waals surface area contributed by atoms with Gasteiger partial charge in [-0.2, -0.15) is 0 Å². The van der Waals surface area contributed by atoms with E-state index in [2.05, 4.69) is 28.4 Å². The molecule has 5 heteroatoms. The molecule has 3 atom stereocenters. The minimum atomic E-state index is -0.499. The first-order valence-corrected chi connectivity index (χ1v) is 9.48. The SMILES string of the molecule is COC(=O)C1=C2Nc3ccccc3C23CCN2CCC[C@@](C(C)=O)(C1)[C@H]23. The van der Waals surface area contributed by atoms with Gasteiger partial charge >= 0.3 is 5.97 Å². The first kappa shape index (κ1) is 16.1. The number of Topliss-reactive ketones (excluding diaryl/α,β-unsaturated/α-hetero) is 1. The summed E-state index contributed by atoms with van der Waals surface area (Å²) < 4.78 is 5.14. The lowest BCUT2D eigenvalue weighted by Gasteiger charge is -2.54. The zero-order chi connectivity index (χ0) is 18.1. The summed E-state index contributed by atoms with van der Waals surface area (Å²) in [6, 6.07) is 8.44. The maximum Gasteiger partial charge on any atom is 0.335 e. The van der Waals surface area contributed by atoms with Gasteiger partial charge in [0.1, 0.15) is 5.78 Å². The van der Waals surface area contributed by atoms with E-state index in [1.165, 1.54) is 12.7 Å². The molecule has 1 aromatic rings. The number of methoxy groups -OCH3 is 1. The molecule has 0 aromatic heterocycles. The Balaban J connectivity index is 1.84. The maximum atomic E-state index is 13.0. The standard InChI is InChI=1S/C21H24N2O3/c1-13(24)20-8-5-10-23-11-9-21(19(20)23)15-6-3-4-7-16(15)22-17(21)14(12-20)18(25)26-2/h3-4,6-7,19,22H,5,8-12H2,1-2H3/t19-,20-,21?/m0/s1. The van der Waals surface area contributed by atoms with Gasteiger partial charge in [0.05, 0.1) is 18.1 Å². The zero-order valence-corrected chi connectivity index (χ0v) is 15.3. The van der Waals surface area contributed by atoms with E-state index in [0.29, 0.717) is 12.0 Å². The predicted octanol–water partition coefficient (Wildman–Crippen LogP) is 2.62. The predicted molar refractivity (Wildman–Crippen MR) is 97.7 cm³/mol. The van der Waals surface area contributed by atoms with Crippen LogP contribution in [0.4, 0.5) is 5.69 Å². The average molecular weight is 352 g/mol.